The molecule has 0 bridgehead atoms. The van der Waals surface area contributed by atoms with Crippen LogP contribution < -0.4 is 0 Å². The average molecular weight is 219 g/mol. The van der Waals surface area contributed by atoms with Crippen molar-refractivity contribution >= 4 is 15.9 Å². The van der Waals surface area contributed by atoms with Crippen LogP contribution >= 0.6 is 15.9 Å². The molecule has 2 heteroatoms. The van der Waals surface area contributed by atoms with E-state index in [9.17, 15) is 0 Å². The van der Waals surface area contributed by atoms with Crippen molar-refractivity contribution in [3.05, 3.63) is 11.8 Å². The second-order valence-electron chi connectivity index (χ2n) is 3.66. The zero-order chi connectivity index (χ0) is 8.48. The van der Waals surface area contributed by atoms with Crippen LogP contribution in [0, 0.1) is 11.3 Å². The van der Waals surface area contributed by atoms with Crippen molar-refractivity contribution in [1.29, 1.82) is 0 Å². The number of alkyl halides is 1. The Kier molecular flexibility index (Phi) is 2.63. The van der Waals surface area contributed by atoms with E-state index in [-0.39, 0.29) is 0 Å². The predicted molar refractivity (Wildman–Crippen MR) is 50.8 cm³/mol. The van der Waals surface area contributed by atoms with Gasteiger partial charge in [0.05, 0.1) is 13.4 Å². The van der Waals surface area contributed by atoms with E-state index >= 15 is 0 Å². The normalized spacial score (nSPS) is 31.6. The maximum Gasteiger partial charge on any atom is 0.0822 e. The van der Waals surface area contributed by atoms with Gasteiger partial charge >= 0.3 is 0 Å². The summed E-state index contributed by atoms with van der Waals surface area (Å²) in [5.41, 5.74) is 1.78. The van der Waals surface area contributed by atoms with Crippen LogP contribution in [0.25, 0.3) is 0 Å². The van der Waals surface area contributed by atoms with Gasteiger partial charge in [-0.15, -0.1) is 0 Å². The molecule has 64 valence electrons. The third kappa shape index (κ3) is 1.46. The number of hydrogen-bond donors (Lipinski definition) is 0. The smallest absolute Gasteiger partial charge is 0.0822 e. The van der Waals surface area contributed by atoms with E-state index in [1.54, 1.807) is 7.11 Å². The van der Waals surface area contributed by atoms with Gasteiger partial charge in [0, 0.05) is 5.33 Å². The lowest BCUT2D eigenvalue weighted by Crippen LogP contribution is -2.38. The molecule has 0 aromatic rings. The molecule has 0 heterocycles. The molecule has 0 amide bonds. The second kappa shape index (κ2) is 3.18. The molecule has 1 aliphatic rings. The molecule has 0 aromatic heterocycles. The minimum absolute atomic E-state index is 0.347. The summed E-state index contributed by atoms with van der Waals surface area (Å²) in [4.78, 5) is 0. The Balaban J connectivity index is 2.61. The first-order chi connectivity index (χ1) is 5.12. The molecule has 1 aliphatic carbocycles. The Morgan fingerprint density at radius 2 is 2.36 bits per heavy atom. The Morgan fingerprint density at radius 3 is 2.73 bits per heavy atom. The standard InChI is InChI=1S/C9H15BrO/c1-9(2)7(5-10)4-8(9)6-11-3/h6-7H,4-5H2,1-3H3. The van der Waals surface area contributed by atoms with Gasteiger partial charge < -0.3 is 4.74 Å². The Hall–Kier alpha value is 0.0200. The van der Waals surface area contributed by atoms with Crippen LogP contribution in [0.15, 0.2) is 11.8 Å². The highest BCUT2D eigenvalue weighted by Gasteiger charge is 2.42. The minimum atomic E-state index is 0.347. The zero-order valence-electron chi connectivity index (χ0n) is 7.36. The van der Waals surface area contributed by atoms with E-state index in [2.05, 4.69) is 29.8 Å². The Morgan fingerprint density at radius 1 is 1.73 bits per heavy atom. The van der Waals surface area contributed by atoms with Gasteiger partial charge in [0.25, 0.3) is 0 Å². The minimum Gasteiger partial charge on any atom is -0.504 e. The average Bonchev–Trinajstić information content (AvgIpc) is 1.97. The topological polar surface area (TPSA) is 9.23 Å². The number of methoxy groups -OCH3 is 1. The molecule has 11 heavy (non-hydrogen) atoms. The van der Waals surface area contributed by atoms with Crippen molar-refractivity contribution in [2.24, 2.45) is 11.3 Å². The van der Waals surface area contributed by atoms with Gasteiger partial charge in [0.1, 0.15) is 0 Å². The summed E-state index contributed by atoms with van der Waals surface area (Å²) in [5, 5.41) is 1.10. The second-order valence-corrected chi connectivity index (χ2v) is 4.30. The molecule has 1 nitrogen and oxygen atoms in total. The molecule has 1 rings (SSSR count). The number of rotatable bonds is 2. The van der Waals surface area contributed by atoms with E-state index in [0.717, 1.165) is 11.2 Å². The molecule has 0 aliphatic heterocycles. The molecule has 1 fully saturated rings. The van der Waals surface area contributed by atoms with Gasteiger partial charge in [0.15, 0.2) is 0 Å². The first-order valence-corrected chi connectivity index (χ1v) is 5.03. The number of halogens is 1. The van der Waals surface area contributed by atoms with E-state index in [1.165, 1.54) is 12.0 Å². The Labute approximate surface area is 76.9 Å². The number of hydrogen-bond acceptors (Lipinski definition) is 1. The number of ether oxygens (including phenoxy) is 1. The molecule has 1 unspecified atom stereocenters. The van der Waals surface area contributed by atoms with E-state index in [0.29, 0.717) is 5.41 Å². The maximum atomic E-state index is 5.00. The van der Waals surface area contributed by atoms with Gasteiger partial charge in [-0.1, -0.05) is 29.8 Å². The van der Waals surface area contributed by atoms with Crippen LogP contribution in [0.3, 0.4) is 0 Å². The molecular weight excluding hydrogens is 204 g/mol. The molecule has 1 saturated carbocycles. The molecular formula is C9H15BrO. The van der Waals surface area contributed by atoms with Gasteiger partial charge in [-0.3, -0.25) is 0 Å². The summed E-state index contributed by atoms with van der Waals surface area (Å²) in [6.45, 7) is 4.54. The van der Waals surface area contributed by atoms with Crippen molar-refractivity contribution in [3.8, 4) is 0 Å². The van der Waals surface area contributed by atoms with Gasteiger partial charge in [0.2, 0.25) is 0 Å². The first-order valence-electron chi connectivity index (χ1n) is 3.91. The van der Waals surface area contributed by atoms with Crippen molar-refractivity contribution in [3.63, 3.8) is 0 Å². The molecule has 0 aromatic carbocycles. The molecule has 1 atom stereocenters. The van der Waals surface area contributed by atoms with Crippen LogP contribution in [-0.4, -0.2) is 12.4 Å². The fourth-order valence-corrected chi connectivity index (χ4v) is 2.54. The van der Waals surface area contributed by atoms with Crippen LogP contribution in [0.1, 0.15) is 20.3 Å². The van der Waals surface area contributed by atoms with Crippen LogP contribution in [0.4, 0.5) is 0 Å². The highest BCUT2D eigenvalue weighted by atomic mass is 79.9. The molecule has 0 N–H and O–H groups in total. The van der Waals surface area contributed by atoms with Crippen LogP contribution in [0.5, 0.6) is 0 Å². The third-order valence-corrected chi connectivity index (χ3v) is 3.54. The zero-order valence-corrected chi connectivity index (χ0v) is 8.94. The monoisotopic (exact) mass is 218 g/mol. The first kappa shape index (κ1) is 9.11. The van der Waals surface area contributed by atoms with Crippen LogP contribution in [-0.2, 0) is 4.74 Å². The summed E-state index contributed by atoms with van der Waals surface area (Å²) in [7, 11) is 1.71. The number of allylic oxidation sites excluding steroid dienone is 1. The molecule has 0 radical (unpaired) electrons. The van der Waals surface area contributed by atoms with E-state index < -0.39 is 0 Å². The lowest BCUT2D eigenvalue weighted by atomic mass is 9.60. The highest BCUT2D eigenvalue weighted by Crippen LogP contribution is 2.51. The van der Waals surface area contributed by atoms with Crippen LogP contribution in [0.2, 0.25) is 0 Å². The summed E-state index contributed by atoms with van der Waals surface area (Å²) in [5.74, 6) is 0.781. The fourth-order valence-electron chi connectivity index (χ4n) is 1.50. The van der Waals surface area contributed by atoms with Crippen molar-refractivity contribution in [2.75, 3.05) is 12.4 Å². The largest absolute Gasteiger partial charge is 0.504 e. The molecule has 0 spiro atoms. The van der Waals surface area contributed by atoms with Crippen molar-refractivity contribution in [2.45, 2.75) is 20.3 Å². The lowest BCUT2D eigenvalue weighted by Gasteiger charge is -2.46. The quantitative estimate of drug-likeness (QED) is 0.512. The third-order valence-electron chi connectivity index (χ3n) is 2.76. The summed E-state index contributed by atoms with van der Waals surface area (Å²) >= 11 is 3.51. The van der Waals surface area contributed by atoms with Gasteiger partial charge in [-0.2, -0.15) is 0 Å². The van der Waals surface area contributed by atoms with E-state index in [1.807, 2.05) is 6.26 Å². The van der Waals surface area contributed by atoms with E-state index in [4.69, 9.17) is 4.74 Å². The summed E-state index contributed by atoms with van der Waals surface area (Å²) in [6, 6.07) is 0. The van der Waals surface area contributed by atoms with Crippen molar-refractivity contribution < 1.29 is 4.74 Å². The Bertz CT molecular complexity index is 172. The maximum absolute atomic E-state index is 5.00. The highest BCUT2D eigenvalue weighted by molar-refractivity contribution is 9.09. The molecule has 0 saturated heterocycles. The SMILES string of the molecule is COC=C1CC(CBr)C1(C)C. The summed E-state index contributed by atoms with van der Waals surface area (Å²) < 4.78 is 5.00. The predicted octanol–water partition coefficient (Wildman–Crippen LogP) is 2.96. The fraction of sp³-hybridized carbons (Fsp3) is 0.778. The summed E-state index contributed by atoms with van der Waals surface area (Å²) in [6.07, 6.45) is 3.07. The van der Waals surface area contributed by atoms with Crippen molar-refractivity contribution in [1.82, 2.24) is 0 Å². The van der Waals surface area contributed by atoms with Gasteiger partial charge in [-0.25, -0.2) is 0 Å². The lowest BCUT2D eigenvalue weighted by molar-refractivity contribution is 0.176. The van der Waals surface area contributed by atoms with Gasteiger partial charge in [-0.05, 0) is 23.3 Å².